The van der Waals surface area contributed by atoms with Gasteiger partial charge in [-0.25, -0.2) is 0 Å². The van der Waals surface area contributed by atoms with Gasteiger partial charge in [-0.3, -0.25) is 0 Å². The van der Waals surface area contributed by atoms with Crippen LogP contribution in [-0.4, -0.2) is 9.13 Å². The molecule has 1 aliphatic rings. The minimum atomic E-state index is 0.890. The zero-order valence-corrected chi connectivity index (χ0v) is 29.9. The van der Waals surface area contributed by atoms with Crippen LogP contribution in [0, 0.1) is 0 Å². The third-order valence-corrected chi connectivity index (χ3v) is 12.5. The SMILES string of the molecule is c1ccc2c(c1)-c1cccc3c(-n4c5ccccc5c5c6oc7c(ccc8c7c7ccccc7n8-c7ccc8oc9ccccc9c8c7)c6ccc54)ccc-2c13. The second kappa shape index (κ2) is 10.1. The van der Waals surface area contributed by atoms with Crippen molar-refractivity contribution in [3.05, 3.63) is 170 Å². The van der Waals surface area contributed by atoms with Crippen molar-refractivity contribution in [2.75, 3.05) is 0 Å². The lowest BCUT2D eigenvalue weighted by Gasteiger charge is -2.13. The average molecular weight is 713 g/mol. The molecule has 0 saturated heterocycles. The Hall–Kier alpha value is -7.56. The molecule has 258 valence electrons. The molecule has 0 fully saturated rings. The van der Waals surface area contributed by atoms with Crippen molar-refractivity contribution >= 4 is 98.3 Å². The van der Waals surface area contributed by atoms with E-state index < -0.39 is 0 Å². The summed E-state index contributed by atoms with van der Waals surface area (Å²) in [6.07, 6.45) is 0. The van der Waals surface area contributed by atoms with Gasteiger partial charge in [0.25, 0.3) is 0 Å². The fourth-order valence-corrected chi connectivity index (χ4v) is 10.2. The van der Waals surface area contributed by atoms with Gasteiger partial charge in [0, 0.05) is 43.4 Å². The van der Waals surface area contributed by atoms with E-state index in [4.69, 9.17) is 8.83 Å². The molecule has 9 aromatic carbocycles. The quantitative estimate of drug-likeness (QED) is 0.179. The van der Waals surface area contributed by atoms with Gasteiger partial charge in [-0.1, -0.05) is 103 Å². The van der Waals surface area contributed by atoms with Crippen molar-refractivity contribution in [1.82, 2.24) is 9.13 Å². The number of furan rings is 2. The highest BCUT2D eigenvalue weighted by molar-refractivity contribution is 6.29. The van der Waals surface area contributed by atoms with Gasteiger partial charge in [0.15, 0.2) is 0 Å². The number of nitrogens with zero attached hydrogens (tertiary/aromatic N) is 2. The largest absolute Gasteiger partial charge is 0.456 e. The number of fused-ring (bicyclic) bond motifs is 17. The molecule has 0 amide bonds. The van der Waals surface area contributed by atoms with Gasteiger partial charge in [0.1, 0.15) is 22.3 Å². The van der Waals surface area contributed by atoms with E-state index >= 15 is 0 Å². The van der Waals surface area contributed by atoms with Crippen molar-refractivity contribution < 1.29 is 8.83 Å². The van der Waals surface area contributed by atoms with E-state index in [0.29, 0.717) is 0 Å². The van der Waals surface area contributed by atoms with Crippen molar-refractivity contribution in [2.24, 2.45) is 0 Å². The summed E-state index contributed by atoms with van der Waals surface area (Å²) in [5, 5.41) is 11.6. The fourth-order valence-electron chi connectivity index (χ4n) is 10.2. The Labute approximate surface area is 318 Å². The van der Waals surface area contributed by atoms with Gasteiger partial charge >= 0.3 is 0 Å². The van der Waals surface area contributed by atoms with Crippen LogP contribution >= 0.6 is 0 Å². The van der Waals surface area contributed by atoms with E-state index in [1.54, 1.807) is 0 Å². The molecule has 0 atom stereocenters. The van der Waals surface area contributed by atoms with E-state index in [0.717, 1.165) is 87.8 Å². The number of para-hydroxylation sites is 3. The lowest BCUT2D eigenvalue weighted by molar-refractivity contribution is 0.669. The summed E-state index contributed by atoms with van der Waals surface area (Å²) in [6.45, 7) is 0. The number of hydrogen-bond donors (Lipinski definition) is 0. The van der Waals surface area contributed by atoms with Crippen LogP contribution in [0.25, 0.3) is 132 Å². The predicted octanol–water partition coefficient (Wildman–Crippen LogP) is 14.5. The van der Waals surface area contributed by atoms with Gasteiger partial charge in [-0.15, -0.1) is 0 Å². The molecular formula is C52H28N2O2. The van der Waals surface area contributed by atoms with Crippen LogP contribution in [0.5, 0.6) is 0 Å². The molecule has 13 aromatic rings. The second-order valence-electron chi connectivity index (χ2n) is 15.2. The molecule has 0 unspecified atom stereocenters. The maximum atomic E-state index is 7.25. The zero-order valence-electron chi connectivity index (χ0n) is 29.9. The molecule has 56 heavy (non-hydrogen) atoms. The van der Waals surface area contributed by atoms with Crippen molar-refractivity contribution in [3.8, 4) is 33.6 Å². The maximum absolute atomic E-state index is 7.25. The fraction of sp³-hybridized carbons (Fsp3) is 0. The second-order valence-corrected chi connectivity index (χ2v) is 15.2. The first-order valence-corrected chi connectivity index (χ1v) is 19.2. The molecule has 0 aliphatic heterocycles. The molecule has 0 N–H and O–H groups in total. The molecule has 4 nitrogen and oxygen atoms in total. The highest BCUT2D eigenvalue weighted by atomic mass is 16.3. The summed E-state index contributed by atoms with van der Waals surface area (Å²) >= 11 is 0. The molecule has 0 spiro atoms. The maximum Gasteiger partial charge on any atom is 0.145 e. The molecule has 4 heteroatoms. The van der Waals surface area contributed by atoms with Crippen LogP contribution < -0.4 is 0 Å². The first-order chi connectivity index (χ1) is 27.8. The molecule has 4 aromatic heterocycles. The standard InChI is InChI=1S/C52H28N2O2/c1-2-11-31-30(10-1)33-15-9-16-37-43(24-21-34(31)48(33)37)54-42-18-7-4-14-39(42)50-45(54)26-23-36-35-22-25-44-49(51(35)56-52(36)50)38-13-3-6-17-41(38)53(44)29-20-27-47-40(28-29)32-12-5-8-19-46(32)55-47/h1-28H. The zero-order chi connectivity index (χ0) is 36.2. The summed E-state index contributed by atoms with van der Waals surface area (Å²) in [7, 11) is 0. The van der Waals surface area contributed by atoms with Gasteiger partial charge in [-0.05, 0) is 94.4 Å². The molecule has 0 saturated carbocycles. The minimum absolute atomic E-state index is 0.890. The highest BCUT2D eigenvalue weighted by Crippen LogP contribution is 2.50. The third-order valence-electron chi connectivity index (χ3n) is 12.5. The average Bonchev–Trinajstić information content (AvgIpc) is 4.05. The predicted molar refractivity (Wildman–Crippen MR) is 232 cm³/mol. The van der Waals surface area contributed by atoms with E-state index in [1.165, 1.54) is 44.1 Å². The smallest absolute Gasteiger partial charge is 0.145 e. The Kier molecular flexibility index (Phi) is 5.23. The highest BCUT2D eigenvalue weighted by Gasteiger charge is 2.26. The molecule has 4 heterocycles. The minimum Gasteiger partial charge on any atom is -0.456 e. The number of hydrogen-bond acceptors (Lipinski definition) is 2. The molecular weight excluding hydrogens is 685 g/mol. The van der Waals surface area contributed by atoms with Crippen LogP contribution in [0.3, 0.4) is 0 Å². The van der Waals surface area contributed by atoms with E-state index in [2.05, 4.69) is 167 Å². The number of benzene rings is 9. The monoisotopic (exact) mass is 712 g/mol. The van der Waals surface area contributed by atoms with Crippen molar-refractivity contribution in [3.63, 3.8) is 0 Å². The van der Waals surface area contributed by atoms with Crippen LogP contribution in [0.2, 0.25) is 0 Å². The van der Waals surface area contributed by atoms with Gasteiger partial charge in [0.05, 0.1) is 38.5 Å². The summed E-state index contributed by atoms with van der Waals surface area (Å²) in [5.74, 6) is 0. The Bertz CT molecular complexity index is 3860. The van der Waals surface area contributed by atoms with Crippen molar-refractivity contribution in [2.45, 2.75) is 0 Å². The number of rotatable bonds is 2. The molecule has 14 rings (SSSR count). The molecule has 0 bridgehead atoms. The van der Waals surface area contributed by atoms with E-state index in [-0.39, 0.29) is 0 Å². The normalized spacial score (nSPS) is 12.6. The van der Waals surface area contributed by atoms with Gasteiger partial charge in [0.2, 0.25) is 0 Å². The summed E-state index contributed by atoms with van der Waals surface area (Å²) in [6, 6.07) is 61.5. The van der Waals surface area contributed by atoms with Crippen LogP contribution in [-0.2, 0) is 0 Å². The lowest BCUT2D eigenvalue weighted by atomic mass is 10.0. The van der Waals surface area contributed by atoms with Crippen LogP contribution in [0.4, 0.5) is 0 Å². The first kappa shape index (κ1) is 28.9. The topological polar surface area (TPSA) is 36.1 Å². The Balaban J connectivity index is 1.06. The third kappa shape index (κ3) is 3.46. The Morgan fingerprint density at radius 1 is 0.304 bits per heavy atom. The molecule has 1 aliphatic carbocycles. The van der Waals surface area contributed by atoms with E-state index in [1.807, 2.05) is 12.1 Å². The molecule has 0 radical (unpaired) electrons. The van der Waals surface area contributed by atoms with Gasteiger partial charge in [-0.2, -0.15) is 0 Å². The van der Waals surface area contributed by atoms with Crippen LogP contribution in [0.15, 0.2) is 179 Å². The van der Waals surface area contributed by atoms with E-state index in [9.17, 15) is 0 Å². The first-order valence-electron chi connectivity index (χ1n) is 19.2. The van der Waals surface area contributed by atoms with Gasteiger partial charge < -0.3 is 18.0 Å². The Morgan fingerprint density at radius 2 is 0.875 bits per heavy atom. The summed E-state index contributed by atoms with van der Waals surface area (Å²) in [4.78, 5) is 0. The summed E-state index contributed by atoms with van der Waals surface area (Å²) < 4.78 is 18.3. The van der Waals surface area contributed by atoms with Crippen molar-refractivity contribution in [1.29, 1.82) is 0 Å². The number of aromatic nitrogens is 2. The lowest BCUT2D eigenvalue weighted by Crippen LogP contribution is -1.95. The Morgan fingerprint density at radius 3 is 1.62 bits per heavy atom. The van der Waals surface area contributed by atoms with Crippen LogP contribution in [0.1, 0.15) is 0 Å². The summed E-state index contributed by atoms with van der Waals surface area (Å²) in [5.41, 5.74) is 15.6.